The Labute approximate surface area is 133 Å². The fourth-order valence-corrected chi connectivity index (χ4v) is 2.56. The van der Waals surface area contributed by atoms with Crippen LogP contribution in [-0.2, 0) is 0 Å². The first kappa shape index (κ1) is 14.8. The largest absolute Gasteiger partial charge is 0.417 e. The van der Waals surface area contributed by atoms with Crippen LogP contribution in [0.1, 0.15) is 18.9 Å². The number of ether oxygens (including phenoxy) is 1. The van der Waals surface area contributed by atoms with Crippen LogP contribution >= 0.6 is 0 Å². The number of H-pyrrole nitrogens is 1. The van der Waals surface area contributed by atoms with E-state index < -0.39 is 6.61 Å². The third-order valence-corrected chi connectivity index (χ3v) is 3.76. The molecule has 0 amide bonds. The first-order valence-corrected chi connectivity index (χ1v) is 7.24. The van der Waals surface area contributed by atoms with Crippen molar-refractivity contribution >= 4 is 22.8 Å². The van der Waals surface area contributed by atoms with Crippen molar-refractivity contribution in [3.63, 3.8) is 0 Å². The van der Waals surface area contributed by atoms with Crippen LogP contribution in [0.2, 0.25) is 0 Å². The Hall–Kier alpha value is -2.82. The molecule has 0 atom stereocenters. The molecule has 0 saturated heterocycles. The summed E-state index contributed by atoms with van der Waals surface area (Å²) >= 11 is 0. The predicted octanol–water partition coefficient (Wildman–Crippen LogP) is 1.59. The number of aliphatic hydroxyl groups is 1. The third-order valence-electron chi connectivity index (χ3n) is 3.76. The number of alkyl halides is 2. The van der Waals surface area contributed by atoms with Gasteiger partial charge in [0, 0.05) is 6.07 Å². The average molecular weight is 337 g/mol. The first-order valence-electron chi connectivity index (χ1n) is 7.24. The fourth-order valence-electron chi connectivity index (χ4n) is 2.56. The number of hydrogen-bond donors (Lipinski definition) is 3. The van der Waals surface area contributed by atoms with Gasteiger partial charge in [-0.1, -0.05) is 0 Å². The first-order chi connectivity index (χ1) is 11.6. The van der Waals surface area contributed by atoms with Crippen molar-refractivity contribution < 1.29 is 18.6 Å². The van der Waals surface area contributed by atoms with Crippen molar-refractivity contribution in [2.24, 2.45) is 0 Å². The van der Waals surface area contributed by atoms with E-state index >= 15 is 0 Å². The van der Waals surface area contributed by atoms with E-state index in [4.69, 9.17) is 0 Å². The van der Waals surface area contributed by atoms with Crippen molar-refractivity contribution in [2.45, 2.75) is 31.6 Å². The SMILES string of the molecule is O[C@H]1C[C@@H](n2ncc3ncc(Nc4cc(OC(F)F)[nH]n4)nc32)C1. The highest BCUT2D eigenvalue weighted by Crippen LogP contribution is 2.33. The second kappa shape index (κ2) is 5.67. The van der Waals surface area contributed by atoms with Crippen LogP contribution in [0.25, 0.3) is 11.2 Å². The molecule has 1 saturated carbocycles. The zero-order chi connectivity index (χ0) is 16.7. The molecule has 0 radical (unpaired) electrons. The molecule has 0 aromatic carbocycles. The highest BCUT2D eigenvalue weighted by Gasteiger charge is 2.30. The minimum atomic E-state index is -2.93. The zero-order valence-electron chi connectivity index (χ0n) is 12.2. The molecule has 0 unspecified atom stereocenters. The average Bonchev–Trinajstić information content (AvgIpc) is 3.10. The van der Waals surface area contributed by atoms with Crippen molar-refractivity contribution in [3.8, 4) is 5.88 Å². The van der Waals surface area contributed by atoms with Gasteiger partial charge >= 0.3 is 6.61 Å². The fraction of sp³-hybridized carbons (Fsp3) is 0.385. The Balaban J connectivity index is 1.56. The molecule has 126 valence electrons. The Bertz CT molecular complexity index is 859. The molecule has 1 aliphatic rings. The molecule has 3 aromatic heterocycles. The van der Waals surface area contributed by atoms with Crippen molar-refractivity contribution in [2.75, 3.05) is 5.32 Å². The highest BCUT2D eigenvalue weighted by molar-refractivity contribution is 5.72. The monoisotopic (exact) mass is 337 g/mol. The smallest absolute Gasteiger partial charge is 0.388 e. The maximum absolute atomic E-state index is 12.1. The topological polar surface area (TPSA) is 114 Å². The van der Waals surface area contributed by atoms with Gasteiger partial charge < -0.3 is 15.2 Å². The van der Waals surface area contributed by atoms with Crippen LogP contribution in [0.3, 0.4) is 0 Å². The van der Waals surface area contributed by atoms with Gasteiger partial charge in [-0.15, -0.1) is 0 Å². The summed E-state index contributed by atoms with van der Waals surface area (Å²) in [7, 11) is 0. The van der Waals surface area contributed by atoms with Crippen LogP contribution in [-0.4, -0.2) is 47.8 Å². The maximum atomic E-state index is 12.1. The molecule has 11 heteroatoms. The number of anilines is 2. The second-order valence-electron chi connectivity index (χ2n) is 5.45. The van der Waals surface area contributed by atoms with Crippen LogP contribution in [0.5, 0.6) is 5.88 Å². The van der Waals surface area contributed by atoms with Gasteiger partial charge in [0.2, 0.25) is 5.88 Å². The molecule has 1 aliphatic carbocycles. The van der Waals surface area contributed by atoms with Gasteiger partial charge in [-0.3, -0.25) is 0 Å². The van der Waals surface area contributed by atoms with E-state index in [1.54, 1.807) is 10.9 Å². The van der Waals surface area contributed by atoms with Gasteiger partial charge in [0.05, 0.1) is 24.5 Å². The number of nitrogens with zero attached hydrogens (tertiary/aromatic N) is 5. The van der Waals surface area contributed by atoms with E-state index in [-0.39, 0.29) is 23.8 Å². The van der Waals surface area contributed by atoms with E-state index in [1.165, 1.54) is 12.3 Å². The predicted molar refractivity (Wildman–Crippen MR) is 78.1 cm³/mol. The molecule has 3 N–H and O–H groups in total. The highest BCUT2D eigenvalue weighted by atomic mass is 19.3. The summed E-state index contributed by atoms with van der Waals surface area (Å²) in [6, 6.07) is 1.39. The van der Waals surface area contributed by atoms with Crippen molar-refractivity contribution in [3.05, 3.63) is 18.5 Å². The number of hydrogen-bond acceptors (Lipinski definition) is 7. The lowest BCUT2D eigenvalue weighted by molar-refractivity contribution is -0.0528. The number of aromatic amines is 1. The normalized spacial score (nSPS) is 20.3. The van der Waals surface area contributed by atoms with Gasteiger partial charge in [-0.05, 0) is 12.8 Å². The van der Waals surface area contributed by atoms with Crippen molar-refractivity contribution in [1.82, 2.24) is 29.9 Å². The van der Waals surface area contributed by atoms with E-state index in [0.29, 0.717) is 29.8 Å². The maximum Gasteiger partial charge on any atom is 0.388 e. The zero-order valence-corrected chi connectivity index (χ0v) is 12.2. The number of aliphatic hydroxyl groups excluding tert-OH is 1. The molecule has 24 heavy (non-hydrogen) atoms. The summed E-state index contributed by atoms with van der Waals surface area (Å²) in [5.41, 5.74) is 1.21. The van der Waals surface area contributed by atoms with E-state index in [1.807, 2.05) is 0 Å². The summed E-state index contributed by atoms with van der Waals surface area (Å²) in [6.45, 7) is -2.93. The van der Waals surface area contributed by atoms with E-state index in [2.05, 4.69) is 35.3 Å². The van der Waals surface area contributed by atoms with Crippen molar-refractivity contribution in [1.29, 1.82) is 0 Å². The van der Waals surface area contributed by atoms with Gasteiger partial charge in [0.1, 0.15) is 5.52 Å². The molecule has 1 fully saturated rings. The quantitative estimate of drug-likeness (QED) is 0.648. The molecule has 0 bridgehead atoms. The molecule has 3 aromatic rings. The summed E-state index contributed by atoms with van der Waals surface area (Å²) in [6.07, 6.45) is 4.06. The number of nitrogens with one attached hydrogen (secondary N) is 2. The number of rotatable bonds is 5. The Morgan fingerprint density at radius 1 is 1.33 bits per heavy atom. The molecule has 0 spiro atoms. The van der Waals surface area contributed by atoms with Crippen LogP contribution in [0.15, 0.2) is 18.5 Å². The van der Waals surface area contributed by atoms with Gasteiger partial charge in [-0.2, -0.15) is 19.0 Å². The lowest BCUT2D eigenvalue weighted by Crippen LogP contribution is -2.31. The molecular weight excluding hydrogens is 324 g/mol. The summed E-state index contributed by atoms with van der Waals surface area (Å²) < 4.78 is 30.2. The molecular formula is C13H13F2N7O2. The molecule has 4 rings (SSSR count). The molecule has 0 aliphatic heterocycles. The second-order valence-corrected chi connectivity index (χ2v) is 5.45. The van der Waals surface area contributed by atoms with E-state index in [0.717, 1.165) is 0 Å². The van der Waals surface area contributed by atoms with Crippen LogP contribution < -0.4 is 10.1 Å². The minimum Gasteiger partial charge on any atom is -0.417 e. The lowest BCUT2D eigenvalue weighted by atomic mass is 9.90. The lowest BCUT2D eigenvalue weighted by Gasteiger charge is -2.31. The summed E-state index contributed by atoms with van der Waals surface area (Å²) in [5, 5.41) is 22.7. The van der Waals surface area contributed by atoms with E-state index in [9.17, 15) is 13.9 Å². The summed E-state index contributed by atoms with van der Waals surface area (Å²) in [5.74, 6) is 0.499. The Morgan fingerprint density at radius 3 is 2.92 bits per heavy atom. The van der Waals surface area contributed by atoms with Crippen LogP contribution in [0.4, 0.5) is 20.4 Å². The number of halogens is 2. The standard InChI is InChI=1S/C13H13F2N7O2/c14-13(15)24-11-3-9(20-21-11)18-10-5-16-8-4-17-22(12(8)19-10)6-1-7(23)2-6/h3-7,13,23H,1-2H2,(H2,18,19,20,21)/t6-,7+. The number of fused-ring (bicyclic) bond motifs is 1. The van der Waals surface area contributed by atoms with Gasteiger partial charge in [-0.25, -0.2) is 19.7 Å². The van der Waals surface area contributed by atoms with Gasteiger partial charge in [0.25, 0.3) is 0 Å². The minimum absolute atomic E-state index is 0.0958. The number of aromatic nitrogens is 6. The Morgan fingerprint density at radius 2 is 2.17 bits per heavy atom. The third kappa shape index (κ3) is 2.73. The van der Waals surface area contributed by atoms with Crippen LogP contribution in [0, 0.1) is 0 Å². The molecule has 9 nitrogen and oxygen atoms in total. The Kier molecular flexibility index (Phi) is 3.49. The molecule has 3 heterocycles. The van der Waals surface area contributed by atoms with Gasteiger partial charge in [0.15, 0.2) is 17.3 Å². The summed E-state index contributed by atoms with van der Waals surface area (Å²) in [4.78, 5) is 8.68.